The molecule has 212 valence electrons. The highest BCUT2D eigenvalue weighted by Gasteiger charge is 2.00. The van der Waals surface area contributed by atoms with Gasteiger partial charge in [0.1, 0.15) is 11.5 Å². The summed E-state index contributed by atoms with van der Waals surface area (Å²) in [7, 11) is 0. The second-order valence-corrected chi connectivity index (χ2v) is 10.3. The fourth-order valence-electron chi connectivity index (χ4n) is 4.32. The van der Waals surface area contributed by atoms with Crippen molar-refractivity contribution in [3.8, 4) is 11.5 Å². The van der Waals surface area contributed by atoms with Gasteiger partial charge in [0.25, 0.3) is 0 Å². The fourth-order valence-corrected chi connectivity index (χ4v) is 4.32. The Morgan fingerprint density at radius 3 is 1.24 bits per heavy atom. The molecular weight excluding hydrogens is 504 g/mol. The van der Waals surface area contributed by atoms with E-state index in [0.717, 1.165) is 66.5 Å². The smallest absolute Gasteiger partial charge is 0.119 e. The van der Waals surface area contributed by atoms with Gasteiger partial charge in [-0.1, -0.05) is 63.8 Å². The molecule has 4 aromatic rings. The van der Waals surface area contributed by atoms with Gasteiger partial charge >= 0.3 is 0 Å². The normalized spacial score (nSPS) is 11.4. The van der Waals surface area contributed by atoms with Crippen LogP contribution in [0.4, 0.5) is 11.4 Å². The summed E-state index contributed by atoms with van der Waals surface area (Å²) in [5.74, 6) is 1.83. The van der Waals surface area contributed by atoms with Crippen molar-refractivity contribution in [3.63, 3.8) is 0 Å². The average Bonchev–Trinajstić information content (AvgIpc) is 3.02. The first kappa shape index (κ1) is 29.8. The highest BCUT2D eigenvalue weighted by molar-refractivity contribution is 5.82. The zero-order valence-electron chi connectivity index (χ0n) is 24.5. The van der Waals surface area contributed by atoms with E-state index in [1.807, 2.05) is 61.0 Å². The van der Waals surface area contributed by atoms with E-state index in [2.05, 4.69) is 72.4 Å². The summed E-state index contributed by atoms with van der Waals surface area (Å²) in [6.45, 7) is 5.95. The number of ether oxygens (including phenoxy) is 2. The largest absolute Gasteiger partial charge is 0.494 e. The van der Waals surface area contributed by atoms with Gasteiger partial charge in [-0.05, 0) is 114 Å². The van der Waals surface area contributed by atoms with Crippen molar-refractivity contribution in [1.82, 2.24) is 0 Å². The predicted molar refractivity (Wildman–Crippen MR) is 173 cm³/mol. The van der Waals surface area contributed by atoms with E-state index in [1.165, 1.54) is 36.8 Å². The maximum Gasteiger partial charge on any atom is 0.119 e. The molecule has 4 nitrogen and oxygen atoms in total. The molecule has 4 aromatic carbocycles. The highest BCUT2D eigenvalue weighted by atomic mass is 16.5. The fraction of sp³-hybridized carbons (Fsp3) is 0.297. The third-order valence-electron chi connectivity index (χ3n) is 6.80. The van der Waals surface area contributed by atoms with Gasteiger partial charge in [0, 0.05) is 12.4 Å². The quantitative estimate of drug-likeness (QED) is 0.104. The van der Waals surface area contributed by atoms with Crippen molar-refractivity contribution in [2.45, 2.75) is 58.8 Å². The Morgan fingerprint density at radius 2 is 0.878 bits per heavy atom. The Balaban J connectivity index is 1.23. The van der Waals surface area contributed by atoms with Gasteiger partial charge in [-0.3, -0.25) is 9.98 Å². The maximum absolute atomic E-state index is 5.79. The average molecular weight is 547 g/mol. The lowest BCUT2D eigenvalue weighted by molar-refractivity contribution is 0.306. The Labute approximate surface area is 245 Å². The summed E-state index contributed by atoms with van der Waals surface area (Å²) in [6.07, 6.45) is 11.7. The van der Waals surface area contributed by atoms with Crippen LogP contribution in [0.1, 0.15) is 74.6 Å². The van der Waals surface area contributed by atoms with Crippen molar-refractivity contribution in [2.24, 2.45) is 9.98 Å². The third-order valence-corrected chi connectivity index (χ3v) is 6.80. The molecule has 4 heteroatoms. The van der Waals surface area contributed by atoms with Crippen LogP contribution >= 0.6 is 0 Å². The molecule has 0 saturated carbocycles. The summed E-state index contributed by atoms with van der Waals surface area (Å²) in [5.41, 5.74) is 6.50. The van der Waals surface area contributed by atoms with Gasteiger partial charge in [-0.15, -0.1) is 0 Å². The van der Waals surface area contributed by atoms with E-state index in [0.29, 0.717) is 0 Å². The van der Waals surface area contributed by atoms with Crippen LogP contribution in [0, 0.1) is 0 Å². The van der Waals surface area contributed by atoms with Crippen molar-refractivity contribution in [1.29, 1.82) is 0 Å². The summed E-state index contributed by atoms with van der Waals surface area (Å²) < 4.78 is 11.6. The Kier molecular flexibility index (Phi) is 12.2. The first-order valence-electron chi connectivity index (χ1n) is 14.9. The van der Waals surface area contributed by atoms with Crippen molar-refractivity contribution >= 4 is 23.8 Å². The molecule has 4 rings (SSSR count). The van der Waals surface area contributed by atoms with E-state index in [9.17, 15) is 0 Å². The molecular formula is C37H42N2O2. The number of aliphatic imine (C=N–C) groups is 2. The van der Waals surface area contributed by atoms with Crippen LogP contribution in [0.3, 0.4) is 0 Å². The molecule has 0 unspecified atom stereocenters. The standard InChI is InChI=1S/C37H42N2O2/c1-3-5-7-25-40-36-21-13-32(14-22-36)28-38-34-17-9-30(10-18-34)27-31-11-19-35(20-12-31)39-29-33-15-23-37(24-16-33)41-26-8-6-4-2/h9-24,28-29H,3-8,25-27H2,1-2H3. The zero-order chi connectivity index (χ0) is 28.5. The van der Waals surface area contributed by atoms with Gasteiger partial charge in [0.05, 0.1) is 24.6 Å². The molecule has 0 atom stereocenters. The monoisotopic (exact) mass is 546 g/mol. The molecule has 0 aliphatic rings. The van der Waals surface area contributed by atoms with Crippen LogP contribution in [0.15, 0.2) is 107 Å². The number of unbranched alkanes of at least 4 members (excludes halogenated alkanes) is 4. The van der Waals surface area contributed by atoms with Gasteiger partial charge in [-0.2, -0.15) is 0 Å². The first-order valence-corrected chi connectivity index (χ1v) is 14.9. The number of hydrogen-bond donors (Lipinski definition) is 0. The van der Waals surface area contributed by atoms with E-state index in [-0.39, 0.29) is 0 Å². The van der Waals surface area contributed by atoms with Crippen LogP contribution in [-0.2, 0) is 6.42 Å². The SMILES string of the molecule is CCCCCOc1ccc(C=Nc2ccc(Cc3ccc(N=Cc4ccc(OCCCCC)cc4)cc3)cc2)cc1. The minimum absolute atomic E-state index is 0.774. The predicted octanol–water partition coefficient (Wildman–Crippen LogP) is 9.92. The lowest BCUT2D eigenvalue weighted by atomic mass is 10.0. The second kappa shape index (κ2) is 16.8. The lowest BCUT2D eigenvalue weighted by Gasteiger charge is -2.06. The molecule has 41 heavy (non-hydrogen) atoms. The Hall–Kier alpha value is -4.18. The third kappa shape index (κ3) is 10.7. The number of rotatable bonds is 16. The summed E-state index contributed by atoms with van der Waals surface area (Å²) >= 11 is 0. The van der Waals surface area contributed by atoms with E-state index >= 15 is 0 Å². The van der Waals surface area contributed by atoms with Gasteiger partial charge in [-0.25, -0.2) is 0 Å². The Morgan fingerprint density at radius 1 is 0.488 bits per heavy atom. The summed E-state index contributed by atoms with van der Waals surface area (Å²) in [6, 6.07) is 33.0. The van der Waals surface area contributed by atoms with Gasteiger partial charge in [0.2, 0.25) is 0 Å². The number of nitrogens with zero attached hydrogens (tertiary/aromatic N) is 2. The molecule has 0 saturated heterocycles. The van der Waals surface area contributed by atoms with Crippen molar-refractivity contribution in [3.05, 3.63) is 119 Å². The van der Waals surface area contributed by atoms with Crippen LogP contribution in [0.5, 0.6) is 11.5 Å². The topological polar surface area (TPSA) is 43.2 Å². The summed E-state index contributed by atoms with van der Waals surface area (Å²) in [4.78, 5) is 9.27. The van der Waals surface area contributed by atoms with Crippen molar-refractivity contribution in [2.75, 3.05) is 13.2 Å². The summed E-state index contributed by atoms with van der Waals surface area (Å²) in [5, 5.41) is 0. The molecule has 0 spiro atoms. The highest BCUT2D eigenvalue weighted by Crippen LogP contribution is 2.20. The molecule has 0 aliphatic carbocycles. The molecule has 0 fully saturated rings. The lowest BCUT2D eigenvalue weighted by Crippen LogP contribution is -1.96. The minimum atomic E-state index is 0.774. The molecule has 0 amide bonds. The number of hydrogen-bond acceptors (Lipinski definition) is 4. The molecule has 0 aliphatic heterocycles. The van der Waals surface area contributed by atoms with E-state index in [1.54, 1.807) is 0 Å². The molecule has 0 bridgehead atoms. The van der Waals surface area contributed by atoms with Crippen LogP contribution in [0.25, 0.3) is 0 Å². The zero-order valence-corrected chi connectivity index (χ0v) is 24.5. The molecule has 0 heterocycles. The number of benzene rings is 4. The van der Waals surface area contributed by atoms with Crippen LogP contribution < -0.4 is 9.47 Å². The van der Waals surface area contributed by atoms with E-state index in [4.69, 9.17) is 9.47 Å². The second-order valence-electron chi connectivity index (χ2n) is 10.3. The first-order chi connectivity index (χ1) is 20.2. The van der Waals surface area contributed by atoms with Gasteiger partial charge < -0.3 is 9.47 Å². The Bertz CT molecular complexity index is 1230. The van der Waals surface area contributed by atoms with Crippen LogP contribution in [-0.4, -0.2) is 25.6 Å². The van der Waals surface area contributed by atoms with E-state index < -0.39 is 0 Å². The molecule has 0 N–H and O–H groups in total. The molecule has 0 radical (unpaired) electrons. The van der Waals surface area contributed by atoms with Crippen molar-refractivity contribution < 1.29 is 9.47 Å². The molecule has 0 aromatic heterocycles. The van der Waals surface area contributed by atoms with Crippen LogP contribution in [0.2, 0.25) is 0 Å². The van der Waals surface area contributed by atoms with Gasteiger partial charge in [0.15, 0.2) is 0 Å². The maximum atomic E-state index is 5.79. The minimum Gasteiger partial charge on any atom is -0.494 e.